The van der Waals surface area contributed by atoms with Crippen molar-refractivity contribution in [3.05, 3.63) is 18.2 Å². The van der Waals surface area contributed by atoms with Crippen LogP contribution in [0.2, 0.25) is 0 Å². The van der Waals surface area contributed by atoms with Crippen molar-refractivity contribution in [2.75, 3.05) is 32.2 Å². The summed E-state index contributed by atoms with van der Waals surface area (Å²) in [6.07, 6.45) is 2.44. The molecule has 21 heavy (non-hydrogen) atoms. The number of carbonyl (C=O) groups is 1. The van der Waals surface area contributed by atoms with E-state index in [1.54, 1.807) is 14.2 Å². The van der Waals surface area contributed by atoms with Gasteiger partial charge in [-0.15, -0.1) is 0 Å². The van der Waals surface area contributed by atoms with Crippen LogP contribution in [0.15, 0.2) is 18.2 Å². The molecule has 1 fully saturated rings. The molecule has 0 radical (unpaired) electrons. The van der Waals surface area contributed by atoms with Crippen LogP contribution in [0, 0.1) is 0 Å². The van der Waals surface area contributed by atoms with Gasteiger partial charge in [-0.05, 0) is 38.1 Å². The molecular formula is C16H24N2O3. The van der Waals surface area contributed by atoms with Crippen molar-refractivity contribution >= 4 is 11.6 Å². The van der Waals surface area contributed by atoms with Crippen molar-refractivity contribution < 1.29 is 14.3 Å². The highest BCUT2D eigenvalue weighted by Crippen LogP contribution is 2.33. The zero-order valence-corrected chi connectivity index (χ0v) is 13.0. The SMILES string of the molecule is CCC(=O)N(c1ccc(OC)c(OC)c1)C1CCNCC1. The molecule has 1 aliphatic rings. The Morgan fingerprint density at radius 1 is 1.24 bits per heavy atom. The molecule has 0 atom stereocenters. The normalized spacial score (nSPS) is 15.6. The number of carbonyl (C=O) groups excluding carboxylic acids is 1. The van der Waals surface area contributed by atoms with Gasteiger partial charge in [0, 0.05) is 24.2 Å². The van der Waals surface area contributed by atoms with E-state index < -0.39 is 0 Å². The maximum atomic E-state index is 12.4. The Morgan fingerprint density at radius 3 is 2.48 bits per heavy atom. The molecule has 5 nitrogen and oxygen atoms in total. The van der Waals surface area contributed by atoms with Crippen LogP contribution >= 0.6 is 0 Å². The molecule has 0 saturated carbocycles. The number of nitrogens with zero attached hydrogens (tertiary/aromatic N) is 1. The van der Waals surface area contributed by atoms with Gasteiger partial charge < -0.3 is 19.7 Å². The standard InChI is InChI=1S/C16H24N2O3/c1-4-16(19)18(12-7-9-17-10-8-12)13-5-6-14(20-2)15(11-13)21-3/h5-6,11-12,17H,4,7-10H2,1-3H3. The zero-order chi connectivity index (χ0) is 15.2. The molecule has 1 aromatic carbocycles. The second-order valence-corrected chi connectivity index (χ2v) is 5.14. The van der Waals surface area contributed by atoms with Crippen LogP contribution in [0.1, 0.15) is 26.2 Å². The molecule has 1 N–H and O–H groups in total. The minimum Gasteiger partial charge on any atom is -0.493 e. The fraction of sp³-hybridized carbons (Fsp3) is 0.562. The summed E-state index contributed by atoms with van der Waals surface area (Å²) in [4.78, 5) is 14.3. The van der Waals surface area contributed by atoms with Crippen LogP contribution in [-0.4, -0.2) is 39.3 Å². The van der Waals surface area contributed by atoms with Gasteiger partial charge in [-0.1, -0.05) is 6.92 Å². The molecule has 0 aliphatic carbocycles. The fourth-order valence-corrected chi connectivity index (χ4v) is 2.77. The number of rotatable bonds is 5. The van der Waals surface area contributed by atoms with Crippen molar-refractivity contribution in [2.24, 2.45) is 0 Å². The van der Waals surface area contributed by atoms with Gasteiger partial charge in [0.1, 0.15) is 0 Å². The monoisotopic (exact) mass is 292 g/mol. The average molecular weight is 292 g/mol. The summed E-state index contributed by atoms with van der Waals surface area (Å²) < 4.78 is 10.6. The van der Waals surface area contributed by atoms with Crippen molar-refractivity contribution in [1.29, 1.82) is 0 Å². The summed E-state index contributed by atoms with van der Waals surface area (Å²) in [5, 5.41) is 3.34. The third-order valence-corrected chi connectivity index (χ3v) is 3.89. The molecule has 5 heteroatoms. The van der Waals surface area contributed by atoms with Crippen LogP contribution in [0.25, 0.3) is 0 Å². The highest BCUT2D eigenvalue weighted by Gasteiger charge is 2.26. The number of piperidine rings is 1. The number of benzene rings is 1. The summed E-state index contributed by atoms with van der Waals surface area (Å²) in [5.41, 5.74) is 0.881. The molecule has 0 bridgehead atoms. The third-order valence-electron chi connectivity index (χ3n) is 3.89. The van der Waals surface area contributed by atoms with Gasteiger partial charge in [0.25, 0.3) is 0 Å². The smallest absolute Gasteiger partial charge is 0.226 e. The molecule has 0 aromatic heterocycles. The number of nitrogens with one attached hydrogen (secondary N) is 1. The molecule has 1 amide bonds. The maximum Gasteiger partial charge on any atom is 0.226 e. The van der Waals surface area contributed by atoms with Crippen LogP contribution in [0.4, 0.5) is 5.69 Å². The van der Waals surface area contributed by atoms with Crippen LogP contribution in [0.3, 0.4) is 0 Å². The zero-order valence-electron chi connectivity index (χ0n) is 13.0. The van der Waals surface area contributed by atoms with Gasteiger partial charge in [0.15, 0.2) is 11.5 Å². The Bertz CT molecular complexity index is 484. The third kappa shape index (κ3) is 3.47. The summed E-state index contributed by atoms with van der Waals surface area (Å²) >= 11 is 0. The molecule has 0 spiro atoms. The summed E-state index contributed by atoms with van der Waals surface area (Å²) in [5.74, 6) is 1.47. The van der Waals surface area contributed by atoms with Gasteiger partial charge in [0.05, 0.1) is 14.2 Å². The number of methoxy groups -OCH3 is 2. The molecule has 116 valence electrons. The van der Waals surface area contributed by atoms with Crippen LogP contribution < -0.4 is 19.7 Å². The van der Waals surface area contributed by atoms with E-state index in [-0.39, 0.29) is 11.9 Å². The second kappa shape index (κ2) is 7.31. The summed E-state index contributed by atoms with van der Waals surface area (Å²) in [7, 11) is 3.22. The van der Waals surface area contributed by atoms with E-state index in [0.29, 0.717) is 17.9 Å². The van der Waals surface area contributed by atoms with E-state index in [1.807, 2.05) is 30.0 Å². The Balaban J connectivity index is 2.33. The van der Waals surface area contributed by atoms with Crippen molar-refractivity contribution in [2.45, 2.75) is 32.2 Å². The van der Waals surface area contributed by atoms with Gasteiger partial charge in [-0.25, -0.2) is 0 Å². The average Bonchev–Trinajstić information content (AvgIpc) is 2.55. The van der Waals surface area contributed by atoms with E-state index in [4.69, 9.17) is 9.47 Å². The quantitative estimate of drug-likeness (QED) is 0.904. The number of hydrogen-bond acceptors (Lipinski definition) is 4. The van der Waals surface area contributed by atoms with E-state index in [2.05, 4.69) is 5.32 Å². The Labute approximate surface area is 126 Å². The first-order valence-corrected chi connectivity index (χ1v) is 7.46. The number of ether oxygens (including phenoxy) is 2. The molecule has 1 saturated heterocycles. The first-order chi connectivity index (χ1) is 10.2. The lowest BCUT2D eigenvalue weighted by molar-refractivity contribution is -0.118. The number of amides is 1. The van der Waals surface area contributed by atoms with E-state index >= 15 is 0 Å². The Hall–Kier alpha value is -1.75. The molecule has 1 heterocycles. The Kier molecular flexibility index (Phi) is 5.44. The first kappa shape index (κ1) is 15.6. The van der Waals surface area contributed by atoms with Crippen molar-refractivity contribution in [3.63, 3.8) is 0 Å². The summed E-state index contributed by atoms with van der Waals surface area (Å²) in [6, 6.07) is 5.91. The molecule has 0 unspecified atom stereocenters. The van der Waals surface area contributed by atoms with Crippen LogP contribution in [-0.2, 0) is 4.79 Å². The topological polar surface area (TPSA) is 50.8 Å². The predicted molar refractivity (Wildman–Crippen MR) is 83.2 cm³/mol. The first-order valence-electron chi connectivity index (χ1n) is 7.46. The van der Waals surface area contributed by atoms with Gasteiger partial charge in [-0.3, -0.25) is 4.79 Å². The highest BCUT2D eigenvalue weighted by atomic mass is 16.5. The molecular weight excluding hydrogens is 268 g/mol. The number of hydrogen-bond donors (Lipinski definition) is 1. The highest BCUT2D eigenvalue weighted by molar-refractivity contribution is 5.94. The maximum absolute atomic E-state index is 12.4. The lowest BCUT2D eigenvalue weighted by atomic mass is 10.0. The minimum absolute atomic E-state index is 0.147. The molecule has 2 rings (SSSR count). The minimum atomic E-state index is 0.147. The van der Waals surface area contributed by atoms with Gasteiger partial charge in [-0.2, -0.15) is 0 Å². The fourth-order valence-electron chi connectivity index (χ4n) is 2.77. The summed E-state index contributed by atoms with van der Waals surface area (Å²) in [6.45, 7) is 3.80. The lowest BCUT2D eigenvalue weighted by Crippen LogP contribution is -2.46. The molecule has 1 aliphatic heterocycles. The Morgan fingerprint density at radius 2 is 1.90 bits per heavy atom. The van der Waals surface area contributed by atoms with E-state index in [1.165, 1.54) is 0 Å². The van der Waals surface area contributed by atoms with Crippen molar-refractivity contribution in [1.82, 2.24) is 5.32 Å². The molecule has 1 aromatic rings. The number of anilines is 1. The largest absolute Gasteiger partial charge is 0.493 e. The second-order valence-electron chi connectivity index (χ2n) is 5.14. The van der Waals surface area contributed by atoms with E-state index in [0.717, 1.165) is 31.6 Å². The van der Waals surface area contributed by atoms with Crippen molar-refractivity contribution in [3.8, 4) is 11.5 Å². The van der Waals surface area contributed by atoms with E-state index in [9.17, 15) is 4.79 Å². The van der Waals surface area contributed by atoms with Gasteiger partial charge >= 0.3 is 0 Å². The van der Waals surface area contributed by atoms with Gasteiger partial charge in [0.2, 0.25) is 5.91 Å². The van der Waals surface area contributed by atoms with Crippen LogP contribution in [0.5, 0.6) is 11.5 Å². The lowest BCUT2D eigenvalue weighted by Gasteiger charge is -2.35. The predicted octanol–water partition coefficient (Wildman–Crippen LogP) is 2.20.